The van der Waals surface area contributed by atoms with Gasteiger partial charge in [-0.15, -0.1) is 0 Å². The zero-order valence-electron chi connectivity index (χ0n) is 7.90. The number of aromatic amines is 1. The molecule has 0 aromatic carbocycles. The van der Waals surface area contributed by atoms with Crippen molar-refractivity contribution in [3.05, 3.63) is 33.2 Å². The van der Waals surface area contributed by atoms with Crippen LogP contribution < -0.4 is 5.56 Å². The van der Waals surface area contributed by atoms with Gasteiger partial charge in [-0.1, -0.05) is 13.8 Å². The van der Waals surface area contributed by atoms with E-state index in [4.69, 9.17) is 0 Å². The first kappa shape index (κ1) is 9.04. The van der Waals surface area contributed by atoms with Gasteiger partial charge in [-0.05, 0) is 31.4 Å². The molecule has 12 heavy (non-hydrogen) atoms. The van der Waals surface area contributed by atoms with Gasteiger partial charge in [0.2, 0.25) is 0 Å². The Kier molecular flexibility index (Phi) is 2.69. The Morgan fingerprint density at radius 1 is 1.33 bits per heavy atom. The lowest BCUT2D eigenvalue weighted by Crippen LogP contribution is -2.13. The number of aryl methyl sites for hydroxylation is 3. The summed E-state index contributed by atoms with van der Waals surface area (Å²) in [5.41, 5.74) is 3.19. The Bertz CT molecular complexity index is 325. The van der Waals surface area contributed by atoms with Gasteiger partial charge in [0.05, 0.1) is 0 Å². The Hall–Kier alpha value is -1.05. The molecule has 1 heterocycles. The lowest BCUT2D eigenvalue weighted by molar-refractivity contribution is 0.936. The molecule has 0 saturated heterocycles. The van der Waals surface area contributed by atoms with E-state index in [9.17, 15) is 4.79 Å². The van der Waals surface area contributed by atoms with Crippen molar-refractivity contribution in [2.24, 2.45) is 0 Å². The molecule has 2 heteroatoms. The number of rotatable bonds is 2. The third-order valence-electron chi connectivity index (χ3n) is 2.14. The van der Waals surface area contributed by atoms with Crippen molar-refractivity contribution in [3.8, 4) is 0 Å². The SMILES string of the molecule is CCc1cc(C)c(=O)[nH]c1CC. The number of H-pyrrole nitrogens is 1. The fraction of sp³-hybridized carbons (Fsp3) is 0.500. The van der Waals surface area contributed by atoms with Gasteiger partial charge in [0, 0.05) is 11.3 Å². The predicted octanol–water partition coefficient (Wildman–Crippen LogP) is 1.81. The van der Waals surface area contributed by atoms with Gasteiger partial charge in [-0.3, -0.25) is 4.79 Å². The number of aromatic nitrogens is 1. The van der Waals surface area contributed by atoms with Crippen LogP contribution in [0.2, 0.25) is 0 Å². The number of hydrogen-bond acceptors (Lipinski definition) is 1. The number of pyridine rings is 1. The molecule has 0 aliphatic carbocycles. The minimum absolute atomic E-state index is 0.0454. The second kappa shape index (κ2) is 3.57. The van der Waals surface area contributed by atoms with E-state index >= 15 is 0 Å². The quantitative estimate of drug-likeness (QED) is 0.712. The van der Waals surface area contributed by atoms with Crippen molar-refractivity contribution < 1.29 is 0 Å². The smallest absolute Gasteiger partial charge is 0.251 e. The summed E-state index contributed by atoms with van der Waals surface area (Å²) in [6.07, 6.45) is 1.89. The molecule has 0 radical (unpaired) electrons. The van der Waals surface area contributed by atoms with E-state index in [0.29, 0.717) is 0 Å². The summed E-state index contributed by atoms with van der Waals surface area (Å²) in [6, 6.07) is 1.98. The van der Waals surface area contributed by atoms with Crippen molar-refractivity contribution >= 4 is 0 Å². The van der Waals surface area contributed by atoms with E-state index in [2.05, 4.69) is 18.8 Å². The van der Waals surface area contributed by atoms with E-state index in [1.807, 2.05) is 13.0 Å². The number of nitrogens with one attached hydrogen (secondary N) is 1. The van der Waals surface area contributed by atoms with Gasteiger partial charge in [0.15, 0.2) is 0 Å². The highest BCUT2D eigenvalue weighted by molar-refractivity contribution is 5.24. The maximum absolute atomic E-state index is 11.2. The standard InChI is InChI=1S/C10H15NO/c1-4-8-6-7(3)10(12)11-9(8)5-2/h6H,4-5H2,1-3H3,(H,11,12). The number of hydrogen-bond donors (Lipinski definition) is 1. The lowest BCUT2D eigenvalue weighted by Gasteiger charge is -2.05. The summed E-state index contributed by atoms with van der Waals surface area (Å²) in [4.78, 5) is 14.1. The summed E-state index contributed by atoms with van der Waals surface area (Å²) in [7, 11) is 0. The summed E-state index contributed by atoms with van der Waals surface area (Å²) in [5.74, 6) is 0. The predicted molar refractivity (Wildman–Crippen MR) is 50.6 cm³/mol. The Morgan fingerprint density at radius 2 is 2.00 bits per heavy atom. The van der Waals surface area contributed by atoms with E-state index in [1.165, 1.54) is 5.56 Å². The molecule has 1 N–H and O–H groups in total. The van der Waals surface area contributed by atoms with Crippen molar-refractivity contribution in [2.45, 2.75) is 33.6 Å². The highest BCUT2D eigenvalue weighted by atomic mass is 16.1. The summed E-state index contributed by atoms with van der Waals surface area (Å²) in [6.45, 7) is 6.00. The topological polar surface area (TPSA) is 32.9 Å². The van der Waals surface area contributed by atoms with Crippen molar-refractivity contribution in [1.82, 2.24) is 4.98 Å². The molecule has 2 nitrogen and oxygen atoms in total. The van der Waals surface area contributed by atoms with E-state index < -0.39 is 0 Å². The van der Waals surface area contributed by atoms with E-state index in [1.54, 1.807) is 0 Å². The molecule has 0 spiro atoms. The van der Waals surface area contributed by atoms with E-state index in [-0.39, 0.29) is 5.56 Å². The zero-order valence-corrected chi connectivity index (χ0v) is 7.90. The molecule has 0 bridgehead atoms. The second-order valence-electron chi connectivity index (χ2n) is 2.99. The highest BCUT2D eigenvalue weighted by Gasteiger charge is 2.01. The Balaban J connectivity index is 3.29. The molecule has 0 amide bonds. The van der Waals surface area contributed by atoms with Gasteiger partial charge in [0.25, 0.3) is 5.56 Å². The van der Waals surface area contributed by atoms with Gasteiger partial charge < -0.3 is 4.98 Å². The van der Waals surface area contributed by atoms with Crippen LogP contribution in [0.25, 0.3) is 0 Å². The fourth-order valence-electron chi connectivity index (χ4n) is 1.36. The van der Waals surface area contributed by atoms with Crippen LogP contribution in [0.15, 0.2) is 10.9 Å². The molecule has 0 unspecified atom stereocenters. The largest absolute Gasteiger partial charge is 0.326 e. The van der Waals surface area contributed by atoms with Gasteiger partial charge in [0.1, 0.15) is 0 Å². The maximum Gasteiger partial charge on any atom is 0.251 e. The van der Waals surface area contributed by atoms with Crippen LogP contribution in [-0.4, -0.2) is 4.98 Å². The lowest BCUT2D eigenvalue weighted by atomic mass is 10.1. The van der Waals surface area contributed by atoms with Crippen LogP contribution in [0.5, 0.6) is 0 Å². The van der Waals surface area contributed by atoms with Crippen LogP contribution in [0.4, 0.5) is 0 Å². The van der Waals surface area contributed by atoms with Crippen LogP contribution in [0.3, 0.4) is 0 Å². The third kappa shape index (κ3) is 1.58. The second-order valence-corrected chi connectivity index (χ2v) is 2.99. The average Bonchev–Trinajstić information content (AvgIpc) is 2.09. The molecular weight excluding hydrogens is 150 g/mol. The molecule has 0 aliphatic rings. The first-order valence-electron chi connectivity index (χ1n) is 4.40. The minimum atomic E-state index is 0.0454. The summed E-state index contributed by atoms with van der Waals surface area (Å²) < 4.78 is 0. The zero-order chi connectivity index (χ0) is 9.14. The molecule has 1 aromatic rings. The van der Waals surface area contributed by atoms with Crippen molar-refractivity contribution in [1.29, 1.82) is 0 Å². The van der Waals surface area contributed by atoms with Crippen LogP contribution in [0, 0.1) is 6.92 Å². The van der Waals surface area contributed by atoms with Crippen LogP contribution in [-0.2, 0) is 12.8 Å². The Morgan fingerprint density at radius 3 is 2.50 bits per heavy atom. The molecule has 66 valence electrons. The van der Waals surface area contributed by atoms with Crippen molar-refractivity contribution in [2.75, 3.05) is 0 Å². The van der Waals surface area contributed by atoms with Crippen LogP contribution in [0.1, 0.15) is 30.7 Å². The minimum Gasteiger partial charge on any atom is -0.326 e. The summed E-state index contributed by atoms with van der Waals surface area (Å²) in [5, 5.41) is 0. The maximum atomic E-state index is 11.2. The molecule has 0 fully saturated rings. The fourth-order valence-corrected chi connectivity index (χ4v) is 1.36. The van der Waals surface area contributed by atoms with Crippen LogP contribution >= 0.6 is 0 Å². The summed E-state index contributed by atoms with van der Waals surface area (Å²) >= 11 is 0. The average molecular weight is 165 g/mol. The molecular formula is C10H15NO. The first-order chi connectivity index (χ1) is 5.69. The van der Waals surface area contributed by atoms with Gasteiger partial charge in [-0.25, -0.2) is 0 Å². The molecule has 0 atom stereocenters. The first-order valence-corrected chi connectivity index (χ1v) is 4.40. The molecule has 0 saturated carbocycles. The van der Waals surface area contributed by atoms with Gasteiger partial charge >= 0.3 is 0 Å². The molecule has 1 aromatic heterocycles. The van der Waals surface area contributed by atoms with Gasteiger partial charge in [-0.2, -0.15) is 0 Å². The third-order valence-corrected chi connectivity index (χ3v) is 2.14. The van der Waals surface area contributed by atoms with Crippen molar-refractivity contribution in [3.63, 3.8) is 0 Å². The molecule has 1 rings (SSSR count). The normalized spacial score (nSPS) is 10.2. The molecule has 0 aliphatic heterocycles. The monoisotopic (exact) mass is 165 g/mol. The Labute approximate surface area is 72.6 Å². The van der Waals surface area contributed by atoms with E-state index in [0.717, 1.165) is 24.1 Å². The highest BCUT2D eigenvalue weighted by Crippen LogP contribution is 2.06.